The molecule has 0 unspecified atom stereocenters. The summed E-state index contributed by atoms with van der Waals surface area (Å²) < 4.78 is 6.20. The third-order valence-corrected chi connectivity index (χ3v) is 2.87. The first-order valence-corrected chi connectivity index (χ1v) is 5.50. The van der Waals surface area contributed by atoms with Gasteiger partial charge in [0.15, 0.2) is 0 Å². The van der Waals surface area contributed by atoms with Crippen LogP contribution in [0.1, 0.15) is 5.76 Å². The van der Waals surface area contributed by atoms with Crippen LogP contribution in [0.25, 0.3) is 11.1 Å². The Morgan fingerprint density at radius 2 is 2.07 bits per heavy atom. The second-order valence-corrected chi connectivity index (χ2v) is 4.04. The summed E-state index contributed by atoms with van der Waals surface area (Å²) in [6.45, 7) is 0.562. The van der Waals surface area contributed by atoms with Crippen molar-refractivity contribution in [1.29, 1.82) is 0 Å². The fourth-order valence-electron chi connectivity index (χ4n) is 1.47. The zero-order valence-corrected chi connectivity index (χ0v) is 9.70. The highest BCUT2D eigenvalue weighted by Crippen LogP contribution is 2.30. The summed E-state index contributed by atoms with van der Waals surface area (Å²) in [7, 11) is 0. The highest BCUT2D eigenvalue weighted by Gasteiger charge is 2.11. The predicted molar refractivity (Wildman–Crippen MR) is 62.4 cm³/mol. The first kappa shape index (κ1) is 10.4. The average Bonchev–Trinajstić information content (AvgIpc) is 2.67. The Bertz CT molecular complexity index is 453. The summed E-state index contributed by atoms with van der Waals surface area (Å²) in [5.41, 5.74) is 7.60. The maximum Gasteiger partial charge on any atom is 0.145 e. The maximum absolute atomic E-state index is 5.51. The van der Waals surface area contributed by atoms with E-state index in [4.69, 9.17) is 10.3 Å². The lowest BCUT2D eigenvalue weighted by Gasteiger charge is -2.02. The molecular weight excluding hydrogens is 256 g/mol. The fraction of sp³-hybridized carbons (Fsp3) is 0.182. The molecule has 1 aromatic heterocycles. The van der Waals surface area contributed by atoms with Gasteiger partial charge in [0, 0.05) is 22.0 Å². The largest absolute Gasteiger partial charge is 0.361 e. The Morgan fingerprint density at radius 3 is 2.80 bits per heavy atom. The van der Waals surface area contributed by atoms with Crippen LogP contribution in [0, 0.1) is 0 Å². The maximum atomic E-state index is 5.51. The Labute approximate surface area is 96.4 Å². The number of aromatic nitrogens is 1. The van der Waals surface area contributed by atoms with E-state index in [0.717, 1.165) is 21.4 Å². The summed E-state index contributed by atoms with van der Waals surface area (Å²) in [6, 6.07) is 7.98. The molecule has 78 valence electrons. The molecule has 0 radical (unpaired) electrons. The van der Waals surface area contributed by atoms with Crippen LogP contribution in [0.4, 0.5) is 0 Å². The molecule has 0 atom stereocenters. The van der Waals surface area contributed by atoms with Gasteiger partial charge in [-0.3, -0.25) is 0 Å². The lowest BCUT2D eigenvalue weighted by atomic mass is 10.1. The van der Waals surface area contributed by atoms with Gasteiger partial charge in [0.05, 0.1) is 6.20 Å². The average molecular weight is 267 g/mol. The lowest BCUT2D eigenvalue weighted by molar-refractivity contribution is 0.385. The number of rotatable bonds is 3. The molecule has 0 saturated carbocycles. The first-order chi connectivity index (χ1) is 7.33. The number of hydrogen-bond donors (Lipinski definition) is 1. The number of halogens is 1. The second kappa shape index (κ2) is 4.59. The second-order valence-electron chi connectivity index (χ2n) is 3.18. The Kier molecular flexibility index (Phi) is 3.18. The summed E-state index contributed by atoms with van der Waals surface area (Å²) >= 11 is 3.50. The van der Waals surface area contributed by atoms with Crippen LogP contribution in [0.5, 0.6) is 0 Å². The predicted octanol–water partition coefficient (Wildman–Crippen LogP) is 2.61. The van der Waals surface area contributed by atoms with Gasteiger partial charge < -0.3 is 10.3 Å². The molecule has 0 bridgehead atoms. The molecule has 2 N–H and O–H groups in total. The van der Waals surface area contributed by atoms with E-state index < -0.39 is 0 Å². The SMILES string of the molecule is NCCc1oncc1-c1ccccc1Br. The number of nitrogens with two attached hydrogens (primary N) is 1. The fourth-order valence-corrected chi connectivity index (χ4v) is 1.97. The Balaban J connectivity index is 2.45. The van der Waals surface area contributed by atoms with Crippen molar-refractivity contribution in [2.24, 2.45) is 5.73 Å². The van der Waals surface area contributed by atoms with E-state index in [-0.39, 0.29) is 0 Å². The van der Waals surface area contributed by atoms with Crippen LogP contribution in [0.15, 0.2) is 39.5 Å². The number of nitrogens with zero attached hydrogens (tertiary/aromatic N) is 1. The standard InChI is InChI=1S/C11H11BrN2O/c12-10-4-2-1-3-8(10)9-7-14-15-11(9)5-6-13/h1-4,7H,5-6,13H2. The summed E-state index contributed by atoms with van der Waals surface area (Å²) in [5, 5.41) is 3.81. The number of benzene rings is 1. The molecule has 0 aliphatic rings. The minimum atomic E-state index is 0.562. The molecule has 2 aromatic rings. The van der Waals surface area contributed by atoms with Gasteiger partial charge in [-0.25, -0.2) is 0 Å². The molecular formula is C11H11BrN2O. The van der Waals surface area contributed by atoms with Crippen LogP contribution in [-0.4, -0.2) is 11.7 Å². The van der Waals surface area contributed by atoms with E-state index in [1.807, 2.05) is 24.3 Å². The van der Waals surface area contributed by atoms with Crippen molar-refractivity contribution in [2.75, 3.05) is 6.54 Å². The highest BCUT2D eigenvalue weighted by atomic mass is 79.9. The number of hydrogen-bond acceptors (Lipinski definition) is 3. The molecule has 0 aliphatic carbocycles. The minimum Gasteiger partial charge on any atom is -0.361 e. The van der Waals surface area contributed by atoms with Crippen molar-refractivity contribution in [3.05, 3.63) is 40.7 Å². The van der Waals surface area contributed by atoms with Crippen molar-refractivity contribution in [3.63, 3.8) is 0 Å². The van der Waals surface area contributed by atoms with E-state index in [2.05, 4.69) is 21.1 Å². The van der Waals surface area contributed by atoms with Crippen LogP contribution in [-0.2, 0) is 6.42 Å². The van der Waals surface area contributed by atoms with E-state index in [1.54, 1.807) is 6.20 Å². The van der Waals surface area contributed by atoms with Gasteiger partial charge in [0.1, 0.15) is 5.76 Å². The van der Waals surface area contributed by atoms with Gasteiger partial charge in [-0.2, -0.15) is 0 Å². The van der Waals surface area contributed by atoms with Gasteiger partial charge in [-0.15, -0.1) is 0 Å². The van der Waals surface area contributed by atoms with Gasteiger partial charge in [0.25, 0.3) is 0 Å². The highest BCUT2D eigenvalue weighted by molar-refractivity contribution is 9.10. The molecule has 3 nitrogen and oxygen atoms in total. The summed E-state index contributed by atoms with van der Waals surface area (Å²) in [6.07, 6.45) is 2.43. The molecule has 2 rings (SSSR count). The topological polar surface area (TPSA) is 52.0 Å². The summed E-state index contributed by atoms with van der Waals surface area (Å²) in [5.74, 6) is 0.837. The third kappa shape index (κ3) is 2.11. The monoisotopic (exact) mass is 266 g/mol. The smallest absolute Gasteiger partial charge is 0.145 e. The van der Waals surface area contributed by atoms with Crippen molar-refractivity contribution < 1.29 is 4.52 Å². The Morgan fingerprint density at radius 1 is 1.27 bits per heavy atom. The van der Waals surface area contributed by atoms with Crippen molar-refractivity contribution in [3.8, 4) is 11.1 Å². The minimum absolute atomic E-state index is 0.562. The molecule has 1 heterocycles. The molecule has 1 aromatic carbocycles. The van der Waals surface area contributed by atoms with E-state index in [9.17, 15) is 0 Å². The van der Waals surface area contributed by atoms with Crippen LogP contribution in [0.3, 0.4) is 0 Å². The van der Waals surface area contributed by atoms with E-state index in [0.29, 0.717) is 13.0 Å². The summed E-state index contributed by atoms with van der Waals surface area (Å²) in [4.78, 5) is 0. The van der Waals surface area contributed by atoms with Crippen LogP contribution >= 0.6 is 15.9 Å². The molecule has 0 amide bonds. The first-order valence-electron chi connectivity index (χ1n) is 4.71. The molecule has 0 fully saturated rings. The van der Waals surface area contributed by atoms with Gasteiger partial charge in [-0.1, -0.05) is 39.3 Å². The van der Waals surface area contributed by atoms with Crippen LogP contribution in [0.2, 0.25) is 0 Å². The Hall–Kier alpha value is -1.13. The molecule has 0 saturated heterocycles. The zero-order valence-electron chi connectivity index (χ0n) is 8.11. The molecule has 0 spiro atoms. The molecule has 15 heavy (non-hydrogen) atoms. The van der Waals surface area contributed by atoms with E-state index in [1.165, 1.54) is 0 Å². The van der Waals surface area contributed by atoms with Crippen LogP contribution < -0.4 is 5.73 Å². The van der Waals surface area contributed by atoms with Gasteiger partial charge in [0.2, 0.25) is 0 Å². The van der Waals surface area contributed by atoms with Gasteiger partial charge in [-0.05, 0) is 12.6 Å². The van der Waals surface area contributed by atoms with Crippen molar-refractivity contribution in [2.45, 2.75) is 6.42 Å². The van der Waals surface area contributed by atoms with E-state index >= 15 is 0 Å². The quantitative estimate of drug-likeness (QED) is 0.929. The van der Waals surface area contributed by atoms with Crippen molar-refractivity contribution >= 4 is 15.9 Å². The van der Waals surface area contributed by atoms with Gasteiger partial charge >= 0.3 is 0 Å². The third-order valence-electron chi connectivity index (χ3n) is 2.18. The molecule has 0 aliphatic heterocycles. The molecule has 4 heteroatoms. The lowest BCUT2D eigenvalue weighted by Crippen LogP contribution is -2.02. The normalized spacial score (nSPS) is 10.5. The van der Waals surface area contributed by atoms with Crippen molar-refractivity contribution in [1.82, 2.24) is 5.16 Å². The zero-order chi connectivity index (χ0) is 10.7.